The first-order chi connectivity index (χ1) is 8.15. The zero-order chi connectivity index (χ0) is 12.7. The summed E-state index contributed by atoms with van der Waals surface area (Å²) in [5, 5.41) is 3.04. The zero-order valence-corrected chi connectivity index (χ0v) is 11.2. The van der Waals surface area contributed by atoms with E-state index in [0.717, 1.165) is 26.1 Å². The second-order valence-corrected chi connectivity index (χ2v) is 5.23. The molecule has 0 saturated carbocycles. The molecule has 1 heterocycles. The van der Waals surface area contributed by atoms with Crippen molar-refractivity contribution in [3.63, 3.8) is 0 Å². The molecule has 0 bridgehead atoms. The molecule has 1 aliphatic rings. The Bertz CT molecular complexity index is 233. The summed E-state index contributed by atoms with van der Waals surface area (Å²) >= 11 is 0. The Kier molecular flexibility index (Phi) is 6.52. The number of amides is 1. The van der Waals surface area contributed by atoms with Gasteiger partial charge in [-0.1, -0.05) is 13.8 Å². The average molecular weight is 241 g/mol. The molecule has 3 N–H and O–H groups in total. The normalized spacial score (nSPS) is 22.6. The molecule has 2 unspecified atom stereocenters. The Morgan fingerprint density at radius 1 is 1.59 bits per heavy atom. The van der Waals surface area contributed by atoms with Crippen LogP contribution in [0.2, 0.25) is 0 Å². The van der Waals surface area contributed by atoms with Crippen molar-refractivity contribution in [2.45, 2.75) is 33.1 Å². The number of nitrogens with one attached hydrogen (secondary N) is 1. The number of nitrogens with zero attached hydrogens (tertiary/aromatic N) is 1. The van der Waals surface area contributed by atoms with Crippen LogP contribution in [0.5, 0.6) is 0 Å². The number of hydrogen-bond acceptors (Lipinski definition) is 3. The van der Waals surface area contributed by atoms with Crippen LogP contribution in [0.15, 0.2) is 0 Å². The molecule has 100 valence electrons. The highest BCUT2D eigenvalue weighted by atomic mass is 16.1. The van der Waals surface area contributed by atoms with E-state index in [-0.39, 0.29) is 5.91 Å². The van der Waals surface area contributed by atoms with Gasteiger partial charge in [0.05, 0.1) is 0 Å². The Hall–Kier alpha value is -0.610. The molecule has 0 aromatic heterocycles. The van der Waals surface area contributed by atoms with Crippen molar-refractivity contribution in [2.24, 2.45) is 17.6 Å². The van der Waals surface area contributed by atoms with Crippen molar-refractivity contribution in [3.8, 4) is 0 Å². The van der Waals surface area contributed by atoms with Gasteiger partial charge in [-0.15, -0.1) is 0 Å². The summed E-state index contributed by atoms with van der Waals surface area (Å²) < 4.78 is 0. The topological polar surface area (TPSA) is 58.4 Å². The monoisotopic (exact) mass is 241 g/mol. The largest absolute Gasteiger partial charge is 0.356 e. The van der Waals surface area contributed by atoms with Gasteiger partial charge in [-0.05, 0) is 44.3 Å². The van der Waals surface area contributed by atoms with E-state index in [4.69, 9.17) is 5.73 Å². The van der Waals surface area contributed by atoms with Crippen LogP contribution in [0.25, 0.3) is 0 Å². The van der Waals surface area contributed by atoms with Crippen LogP contribution in [0.3, 0.4) is 0 Å². The Labute approximate surface area is 105 Å². The number of rotatable bonds is 7. The lowest BCUT2D eigenvalue weighted by molar-refractivity contribution is -0.121. The predicted octanol–water partition coefficient (Wildman–Crippen LogP) is 0.819. The summed E-state index contributed by atoms with van der Waals surface area (Å²) in [6.07, 6.45) is 2.73. The van der Waals surface area contributed by atoms with Gasteiger partial charge in [-0.3, -0.25) is 4.79 Å². The van der Waals surface area contributed by atoms with E-state index in [1.54, 1.807) is 0 Å². The van der Waals surface area contributed by atoms with Crippen LogP contribution < -0.4 is 11.1 Å². The third-order valence-electron chi connectivity index (χ3n) is 3.67. The number of nitrogens with two attached hydrogens (primary N) is 1. The van der Waals surface area contributed by atoms with Crippen molar-refractivity contribution in [1.29, 1.82) is 0 Å². The molecule has 1 aliphatic heterocycles. The maximum Gasteiger partial charge on any atom is 0.220 e. The van der Waals surface area contributed by atoms with Crippen LogP contribution >= 0.6 is 0 Å². The van der Waals surface area contributed by atoms with Crippen LogP contribution in [0.4, 0.5) is 0 Å². The molecule has 0 spiro atoms. The van der Waals surface area contributed by atoms with Crippen LogP contribution in [-0.4, -0.2) is 43.5 Å². The van der Waals surface area contributed by atoms with Gasteiger partial charge in [0.1, 0.15) is 0 Å². The molecular formula is C13H27N3O. The molecule has 0 aromatic rings. The lowest BCUT2D eigenvalue weighted by Gasteiger charge is -2.14. The second-order valence-electron chi connectivity index (χ2n) is 5.23. The van der Waals surface area contributed by atoms with Crippen LogP contribution in [-0.2, 0) is 4.79 Å². The standard InChI is InChI=1S/C13H27N3O/c1-3-16-7-6-12(10-16)9-15-13(17)5-4-11(2)8-14/h11-12H,3-10,14H2,1-2H3,(H,15,17). The predicted molar refractivity (Wildman–Crippen MR) is 70.7 cm³/mol. The summed E-state index contributed by atoms with van der Waals surface area (Å²) in [6.45, 7) is 9.22. The molecule has 4 heteroatoms. The third-order valence-corrected chi connectivity index (χ3v) is 3.67. The summed E-state index contributed by atoms with van der Waals surface area (Å²) in [7, 11) is 0. The summed E-state index contributed by atoms with van der Waals surface area (Å²) in [5.41, 5.74) is 5.53. The fourth-order valence-electron chi connectivity index (χ4n) is 2.21. The number of hydrogen-bond donors (Lipinski definition) is 2. The molecule has 1 saturated heterocycles. The number of carbonyl (C=O) groups excluding carboxylic acids is 1. The highest BCUT2D eigenvalue weighted by molar-refractivity contribution is 5.75. The Morgan fingerprint density at radius 2 is 2.35 bits per heavy atom. The first-order valence-corrected chi connectivity index (χ1v) is 6.84. The minimum Gasteiger partial charge on any atom is -0.356 e. The highest BCUT2D eigenvalue weighted by Gasteiger charge is 2.21. The van der Waals surface area contributed by atoms with Gasteiger partial charge >= 0.3 is 0 Å². The van der Waals surface area contributed by atoms with Crippen LogP contribution in [0, 0.1) is 11.8 Å². The average Bonchev–Trinajstić information content (AvgIpc) is 2.81. The maximum atomic E-state index is 11.6. The maximum absolute atomic E-state index is 11.6. The van der Waals surface area contributed by atoms with E-state index in [2.05, 4.69) is 24.1 Å². The summed E-state index contributed by atoms with van der Waals surface area (Å²) in [4.78, 5) is 14.0. The van der Waals surface area contributed by atoms with Gasteiger partial charge in [0.15, 0.2) is 0 Å². The van der Waals surface area contributed by atoms with E-state index in [9.17, 15) is 4.79 Å². The lowest BCUT2D eigenvalue weighted by Crippen LogP contribution is -2.31. The number of carbonyl (C=O) groups is 1. The van der Waals surface area contributed by atoms with Crippen LogP contribution in [0.1, 0.15) is 33.1 Å². The first kappa shape index (κ1) is 14.5. The fraction of sp³-hybridized carbons (Fsp3) is 0.923. The molecule has 4 nitrogen and oxygen atoms in total. The van der Waals surface area contributed by atoms with Gasteiger partial charge in [0.2, 0.25) is 5.91 Å². The van der Waals surface area contributed by atoms with E-state index >= 15 is 0 Å². The van der Waals surface area contributed by atoms with Gasteiger partial charge in [-0.2, -0.15) is 0 Å². The smallest absolute Gasteiger partial charge is 0.220 e. The SMILES string of the molecule is CCN1CCC(CNC(=O)CCC(C)CN)C1. The van der Waals surface area contributed by atoms with Gasteiger partial charge in [-0.25, -0.2) is 0 Å². The Morgan fingerprint density at radius 3 is 2.94 bits per heavy atom. The molecule has 1 fully saturated rings. The highest BCUT2D eigenvalue weighted by Crippen LogP contribution is 2.14. The van der Waals surface area contributed by atoms with Crippen molar-refractivity contribution < 1.29 is 4.79 Å². The summed E-state index contributed by atoms with van der Waals surface area (Å²) in [6, 6.07) is 0. The molecule has 0 aliphatic carbocycles. The summed E-state index contributed by atoms with van der Waals surface area (Å²) in [5.74, 6) is 1.27. The fourth-order valence-corrected chi connectivity index (χ4v) is 2.21. The van der Waals surface area contributed by atoms with E-state index in [0.29, 0.717) is 24.8 Å². The van der Waals surface area contributed by atoms with E-state index < -0.39 is 0 Å². The van der Waals surface area contributed by atoms with Crippen molar-refractivity contribution in [1.82, 2.24) is 10.2 Å². The zero-order valence-electron chi connectivity index (χ0n) is 11.2. The molecule has 2 atom stereocenters. The minimum atomic E-state index is 0.181. The quantitative estimate of drug-likeness (QED) is 0.694. The van der Waals surface area contributed by atoms with E-state index in [1.165, 1.54) is 13.0 Å². The number of likely N-dealkylation sites (tertiary alicyclic amines) is 1. The molecule has 17 heavy (non-hydrogen) atoms. The van der Waals surface area contributed by atoms with Gasteiger partial charge in [0.25, 0.3) is 0 Å². The van der Waals surface area contributed by atoms with Gasteiger partial charge < -0.3 is 16.0 Å². The van der Waals surface area contributed by atoms with E-state index in [1.807, 2.05) is 0 Å². The Balaban J connectivity index is 2.08. The second kappa shape index (κ2) is 7.67. The molecule has 1 amide bonds. The van der Waals surface area contributed by atoms with Gasteiger partial charge in [0, 0.05) is 19.5 Å². The lowest BCUT2D eigenvalue weighted by atomic mass is 10.1. The van der Waals surface area contributed by atoms with Crippen molar-refractivity contribution in [2.75, 3.05) is 32.7 Å². The third kappa shape index (κ3) is 5.50. The molecule has 0 radical (unpaired) electrons. The first-order valence-electron chi connectivity index (χ1n) is 6.84. The molecular weight excluding hydrogens is 214 g/mol. The van der Waals surface area contributed by atoms with Crippen molar-refractivity contribution >= 4 is 5.91 Å². The minimum absolute atomic E-state index is 0.181. The molecule has 0 aromatic carbocycles. The van der Waals surface area contributed by atoms with Crippen molar-refractivity contribution in [3.05, 3.63) is 0 Å². The molecule has 1 rings (SSSR count).